The van der Waals surface area contributed by atoms with Crippen molar-refractivity contribution in [1.82, 2.24) is 14.9 Å². The Morgan fingerprint density at radius 3 is 2.79 bits per heavy atom. The van der Waals surface area contributed by atoms with Crippen LogP contribution in [0.1, 0.15) is 27.4 Å². The molecule has 4 rings (SSSR count). The number of amides is 2. The lowest BCUT2D eigenvalue weighted by molar-refractivity contribution is 0.0767. The summed E-state index contributed by atoms with van der Waals surface area (Å²) in [6, 6.07) is 13.0. The average molecular weight is 394 g/mol. The number of thiazole rings is 1. The third kappa shape index (κ3) is 3.86. The Kier molecular flexibility index (Phi) is 5.03. The monoisotopic (exact) mass is 394 g/mol. The number of aromatic nitrogens is 2. The Bertz CT molecular complexity index is 1010. The van der Waals surface area contributed by atoms with Crippen LogP contribution in [0.25, 0.3) is 10.6 Å². The fraction of sp³-hybridized carbons (Fsp3) is 0.200. The predicted octanol–water partition coefficient (Wildman–Crippen LogP) is 2.60. The number of carbonyl (C=O) groups is 2. The number of ether oxygens (including phenoxy) is 1. The lowest BCUT2D eigenvalue weighted by Gasteiger charge is -2.16. The van der Waals surface area contributed by atoms with E-state index < -0.39 is 5.91 Å². The van der Waals surface area contributed by atoms with E-state index in [-0.39, 0.29) is 17.7 Å². The summed E-state index contributed by atoms with van der Waals surface area (Å²) >= 11 is 1.46. The van der Waals surface area contributed by atoms with E-state index in [0.29, 0.717) is 31.0 Å². The molecule has 1 unspecified atom stereocenters. The van der Waals surface area contributed by atoms with E-state index in [9.17, 15) is 9.59 Å². The number of nitrogens with two attached hydrogens (primary N) is 1. The minimum absolute atomic E-state index is 0.0999. The highest BCUT2D eigenvalue weighted by Gasteiger charge is 2.29. The molecule has 3 heterocycles. The summed E-state index contributed by atoms with van der Waals surface area (Å²) in [5.74, 6) is -0.188. The summed E-state index contributed by atoms with van der Waals surface area (Å²) in [5, 5.41) is 2.62. The van der Waals surface area contributed by atoms with Crippen molar-refractivity contribution in [2.24, 2.45) is 5.73 Å². The molecular formula is C20H18N4O3S. The number of hydrogen-bond acceptors (Lipinski definition) is 6. The minimum Gasteiger partial charge on any atom is -0.488 e. The fourth-order valence-electron chi connectivity index (χ4n) is 3.07. The van der Waals surface area contributed by atoms with Crippen molar-refractivity contribution in [2.45, 2.75) is 12.5 Å². The van der Waals surface area contributed by atoms with Gasteiger partial charge in [0.25, 0.3) is 11.8 Å². The second-order valence-corrected chi connectivity index (χ2v) is 7.28. The van der Waals surface area contributed by atoms with Gasteiger partial charge in [0, 0.05) is 36.2 Å². The lowest BCUT2D eigenvalue weighted by atomic mass is 10.2. The van der Waals surface area contributed by atoms with Gasteiger partial charge in [0.1, 0.15) is 28.2 Å². The van der Waals surface area contributed by atoms with Crippen LogP contribution in [0.4, 0.5) is 0 Å². The highest BCUT2D eigenvalue weighted by molar-refractivity contribution is 7.13. The number of likely N-dealkylation sites (tertiary alicyclic amines) is 1. The van der Waals surface area contributed by atoms with Crippen LogP contribution in [0.15, 0.2) is 54.0 Å². The number of hydrogen-bond donors (Lipinski definition) is 1. The first kappa shape index (κ1) is 18.1. The molecule has 2 aromatic heterocycles. The van der Waals surface area contributed by atoms with Gasteiger partial charge >= 0.3 is 0 Å². The third-order valence-corrected chi connectivity index (χ3v) is 5.35. The van der Waals surface area contributed by atoms with Gasteiger partial charge in [-0.1, -0.05) is 30.3 Å². The maximum absolute atomic E-state index is 12.8. The largest absolute Gasteiger partial charge is 0.488 e. The Labute approximate surface area is 165 Å². The van der Waals surface area contributed by atoms with Crippen molar-refractivity contribution in [3.05, 3.63) is 65.4 Å². The maximum atomic E-state index is 12.8. The molecular weight excluding hydrogens is 376 g/mol. The van der Waals surface area contributed by atoms with Crippen LogP contribution in [-0.4, -0.2) is 45.9 Å². The summed E-state index contributed by atoms with van der Waals surface area (Å²) in [5.41, 5.74) is 6.84. The molecule has 0 saturated carbocycles. The van der Waals surface area contributed by atoms with Crippen molar-refractivity contribution in [2.75, 3.05) is 13.1 Å². The zero-order valence-electron chi connectivity index (χ0n) is 14.9. The molecule has 28 heavy (non-hydrogen) atoms. The first-order valence-corrected chi connectivity index (χ1v) is 9.71. The van der Waals surface area contributed by atoms with Crippen LogP contribution in [0, 0.1) is 0 Å². The molecule has 0 aliphatic carbocycles. The van der Waals surface area contributed by atoms with Crippen LogP contribution in [0.5, 0.6) is 5.75 Å². The van der Waals surface area contributed by atoms with Gasteiger partial charge in [-0.3, -0.25) is 14.6 Å². The van der Waals surface area contributed by atoms with E-state index in [2.05, 4.69) is 9.97 Å². The normalized spacial score (nSPS) is 16.1. The van der Waals surface area contributed by atoms with E-state index >= 15 is 0 Å². The summed E-state index contributed by atoms with van der Waals surface area (Å²) in [6.45, 7) is 1.06. The lowest BCUT2D eigenvalue weighted by Crippen LogP contribution is -2.31. The number of carbonyl (C=O) groups excluding carboxylic acids is 2. The topological polar surface area (TPSA) is 98.4 Å². The maximum Gasteiger partial charge on any atom is 0.273 e. The van der Waals surface area contributed by atoms with Crippen LogP contribution in [0.3, 0.4) is 0 Å². The minimum atomic E-state index is -0.605. The molecule has 1 aliphatic heterocycles. The number of rotatable bonds is 5. The first-order valence-electron chi connectivity index (χ1n) is 8.83. The standard InChI is InChI=1S/C20H18N4O3S/c21-18(25)16-10-14(6-8-22-16)27-15-7-9-24(11-15)20(26)17-12-28-19(23-17)13-4-2-1-3-5-13/h1-6,8,10,12,15H,7,9,11H2,(H2,21,25). The predicted molar refractivity (Wildman–Crippen MR) is 105 cm³/mol. The molecule has 0 spiro atoms. The van der Waals surface area contributed by atoms with Gasteiger partial charge in [0.05, 0.1) is 6.54 Å². The molecule has 2 N–H and O–H groups in total. The SMILES string of the molecule is NC(=O)c1cc(OC2CCN(C(=O)c3csc(-c4ccccc4)n3)C2)ccn1. The van der Waals surface area contributed by atoms with E-state index in [1.54, 1.807) is 16.3 Å². The Hall–Kier alpha value is -3.26. The smallest absolute Gasteiger partial charge is 0.273 e. The Morgan fingerprint density at radius 1 is 1.18 bits per heavy atom. The van der Waals surface area contributed by atoms with Crippen molar-refractivity contribution in [1.29, 1.82) is 0 Å². The number of nitrogens with zero attached hydrogens (tertiary/aromatic N) is 3. The molecule has 0 bridgehead atoms. The molecule has 1 aromatic carbocycles. The second kappa shape index (κ2) is 7.77. The molecule has 142 valence electrons. The quantitative estimate of drug-likeness (QED) is 0.717. The molecule has 3 aromatic rings. The average Bonchev–Trinajstić information content (AvgIpc) is 3.38. The van der Waals surface area contributed by atoms with E-state index in [0.717, 1.165) is 10.6 Å². The first-order chi connectivity index (χ1) is 13.6. The third-order valence-electron chi connectivity index (χ3n) is 4.46. The zero-order chi connectivity index (χ0) is 19.5. The summed E-state index contributed by atoms with van der Waals surface area (Å²) < 4.78 is 5.90. The molecule has 1 atom stereocenters. The van der Waals surface area contributed by atoms with Gasteiger partial charge in [-0.25, -0.2) is 4.98 Å². The fourth-order valence-corrected chi connectivity index (χ4v) is 3.87. The molecule has 2 amide bonds. The van der Waals surface area contributed by atoms with Crippen LogP contribution < -0.4 is 10.5 Å². The zero-order valence-corrected chi connectivity index (χ0v) is 15.8. The van der Waals surface area contributed by atoms with Crippen LogP contribution in [0.2, 0.25) is 0 Å². The van der Waals surface area contributed by atoms with Gasteiger partial charge < -0.3 is 15.4 Å². The molecule has 1 saturated heterocycles. The molecule has 0 radical (unpaired) electrons. The van der Waals surface area contributed by atoms with Crippen molar-refractivity contribution < 1.29 is 14.3 Å². The van der Waals surface area contributed by atoms with E-state index in [1.165, 1.54) is 23.6 Å². The van der Waals surface area contributed by atoms with Crippen molar-refractivity contribution >= 4 is 23.2 Å². The number of primary amides is 1. The van der Waals surface area contributed by atoms with E-state index in [1.807, 2.05) is 30.3 Å². The van der Waals surface area contributed by atoms with Crippen LogP contribution >= 0.6 is 11.3 Å². The van der Waals surface area contributed by atoms with Crippen molar-refractivity contribution in [3.8, 4) is 16.3 Å². The second-order valence-electron chi connectivity index (χ2n) is 6.42. The summed E-state index contributed by atoms with van der Waals surface area (Å²) in [7, 11) is 0. The highest BCUT2D eigenvalue weighted by atomic mass is 32.1. The summed E-state index contributed by atoms with van der Waals surface area (Å²) in [6.07, 6.45) is 2.03. The molecule has 1 fully saturated rings. The summed E-state index contributed by atoms with van der Waals surface area (Å²) in [4.78, 5) is 34.1. The molecule has 1 aliphatic rings. The van der Waals surface area contributed by atoms with Gasteiger partial charge in [0.2, 0.25) is 0 Å². The van der Waals surface area contributed by atoms with Gasteiger partial charge in [-0.2, -0.15) is 0 Å². The number of pyridine rings is 1. The van der Waals surface area contributed by atoms with Gasteiger partial charge in [-0.05, 0) is 6.07 Å². The molecule has 7 nitrogen and oxygen atoms in total. The van der Waals surface area contributed by atoms with Gasteiger partial charge in [0.15, 0.2) is 0 Å². The van der Waals surface area contributed by atoms with E-state index in [4.69, 9.17) is 10.5 Å². The van der Waals surface area contributed by atoms with Crippen molar-refractivity contribution in [3.63, 3.8) is 0 Å². The van der Waals surface area contributed by atoms with Gasteiger partial charge in [-0.15, -0.1) is 11.3 Å². The highest BCUT2D eigenvalue weighted by Crippen LogP contribution is 2.25. The Balaban J connectivity index is 1.40. The molecule has 8 heteroatoms. The van der Waals surface area contributed by atoms with Crippen LogP contribution in [-0.2, 0) is 0 Å². The Morgan fingerprint density at radius 2 is 2.00 bits per heavy atom. The number of benzene rings is 1.